The largest absolute Gasteiger partial charge is 0.352 e. The van der Waals surface area contributed by atoms with Gasteiger partial charge in [-0.3, -0.25) is 9.59 Å². The number of aryl methyl sites for hydroxylation is 1. The zero-order valence-corrected chi connectivity index (χ0v) is 14.6. The lowest BCUT2D eigenvalue weighted by Crippen LogP contribution is -2.35. The summed E-state index contributed by atoms with van der Waals surface area (Å²) in [5.41, 5.74) is 2.15. The van der Waals surface area contributed by atoms with Crippen LogP contribution in [0.4, 0.5) is 0 Å². The Bertz CT molecular complexity index is 792. The van der Waals surface area contributed by atoms with Crippen molar-refractivity contribution in [1.82, 2.24) is 15.2 Å². The fourth-order valence-electron chi connectivity index (χ4n) is 3.30. The van der Waals surface area contributed by atoms with Crippen molar-refractivity contribution in [2.24, 2.45) is 0 Å². The van der Waals surface area contributed by atoms with E-state index in [2.05, 4.69) is 10.6 Å². The molecule has 132 valence electrons. The van der Waals surface area contributed by atoms with Gasteiger partial charge in [-0.25, -0.2) is 0 Å². The summed E-state index contributed by atoms with van der Waals surface area (Å²) in [5.74, 6) is -0.290. The highest BCUT2D eigenvalue weighted by molar-refractivity contribution is 5.93. The van der Waals surface area contributed by atoms with Gasteiger partial charge in [0.05, 0.1) is 6.54 Å². The second-order valence-electron chi connectivity index (χ2n) is 6.68. The van der Waals surface area contributed by atoms with Gasteiger partial charge in [0.15, 0.2) is 0 Å². The summed E-state index contributed by atoms with van der Waals surface area (Å²) in [7, 11) is 0. The molecule has 1 atom stereocenters. The number of hydrogen-bond acceptors (Lipinski definition) is 3. The summed E-state index contributed by atoms with van der Waals surface area (Å²) < 4.78 is 1.59. The first-order chi connectivity index (χ1) is 12.1. The average molecular weight is 339 g/mol. The molecule has 0 spiro atoms. The van der Waals surface area contributed by atoms with Crippen molar-refractivity contribution in [3.63, 3.8) is 0 Å². The number of nitrogens with zero attached hydrogens (tertiary/aromatic N) is 1. The molecule has 0 unspecified atom stereocenters. The molecule has 5 heteroatoms. The van der Waals surface area contributed by atoms with E-state index in [1.807, 2.05) is 31.2 Å². The number of hydrogen-bond donors (Lipinski definition) is 2. The minimum Gasteiger partial charge on any atom is -0.352 e. The number of amides is 1. The van der Waals surface area contributed by atoms with E-state index in [9.17, 15) is 9.59 Å². The Kier molecular flexibility index (Phi) is 5.66. The molecule has 0 aliphatic carbocycles. The number of carbonyl (C=O) groups excluding carboxylic acids is 1. The van der Waals surface area contributed by atoms with E-state index in [0.29, 0.717) is 19.1 Å². The number of pyridine rings is 1. The van der Waals surface area contributed by atoms with E-state index >= 15 is 0 Å². The maximum Gasteiger partial charge on any atom is 0.263 e. The maximum absolute atomic E-state index is 12.6. The predicted octanol–water partition coefficient (Wildman–Crippen LogP) is 2.08. The smallest absolute Gasteiger partial charge is 0.263 e. The van der Waals surface area contributed by atoms with Crippen LogP contribution in [0.25, 0.3) is 0 Å². The number of nitrogens with one attached hydrogen (secondary N) is 2. The van der Waals surface area contributed by atoms with Gasteiger partial charge in [0.2, 0.25) is 0 Å². The average Bonchev–Trinajstić information content (AvgIpc) is 3.10. The van der Waals surface area contributed by atoms with Gasteiger partial charge < -0.3 is 15.2 Å². The minimum atomic E-state index is -0.290. The van der Waals surface area contributed by atoms with Crippen LogP contribution >= 0.6 is 0 Å². The fraction of sp³-hybridized carbons (Fsp3) is 0.400. The van der Waals surface area contributed by atoms with Crippen molar-refractivity contribution in [1.29, 1.82) is 0 Å². The molecule has 1 aromatic carbocycles. The molecule has 0 bridgehead atoms. The van der Waals surface area contributed by atoms with Gasteiger partial charge in [-0.05, 0) is 50.4 Å². The van der Waals surface area contributed by atoms with Crippen molar-refractivity contribution in [2.75, 3.05) is 13.1 Å². The zero-order valence-electron chi connectivity index (χ0n) is 14.6. The summed E-state index contributed by atoms with van der Waals surface area (Å²) in [5, 5.41) is 6.28. The Labute approximate surface area is 148 Å². The molecule has 1 aliphatic rings. The van der Waals surface area contributed by atoms with Gasteiger partial charge in [-0.1, -0.05) is 29.8 Å². The third-order valence-corrected chi connectivity index (χ3v) is 4.64. The minimum absolute atomic E-state index is 0.203. The van der Waals surface area contributed by atoms with E-state index < -0.39 is 0 Å². The number of benzene rings is 1. The lowest BCUT2D eigenvalue weighted by molar-refractivity contribution is 0.0950. The van der Waals surface area contributed by atoms with Crippen LogP contribution in [0.1, 0.15) is 40.7 Å². The van der Waals surface area contributed by atoms with Crippen LogP contribution in [0, 0.1) is 6.92 Å². The van der Waals surface area contributed by atoms with Gasteiger partial charge in [-0.15, -0.1) is 0 Å². The molecule has 5 nitrogen and oxygen atoms in total. The Morgan fingerprint density at radius 1 is 1.32 bits per heavy atom. The van der Waals surface area contributed by atoms with E-state index in [1.54, 1.807) is 22.9 Å². The molecule has 1 fully saturated rings. The van der Waals surface area contributed by atoms with Gasteiger partial charge in [0.25, 0.3) is 11.5 Å². The zero-order chi connectivity index (χ0) is 17.6. The molecule has 1 saturated heterocycles. The van der Waals surface area contributed by atoms with Crippen LogP contribution in [-0.4, -0.2) is 29.6 Å². The molecule has 2 N–H and O–H groups in total. The quantitative estimate of drug-likeness (QED) is 0.847. The van der Waals surface area contributed by atoms with Crippen LogP contribution in [0.3, 0.4) is 0 Å². The van der Waals surface area contributed by atoms with Crippen molar-refractivity contribution in [2.45, 2.75) is 38.8 Å². The first-order valence-corrected chi connectivity index (χ1v) is 8.90. The summed E-state index contributed by atoms with van der Waals surface area (Å²) in [6.45, 7) is 4.13. The Morgan fingerprint density at radius 3 is 2.96 bits per heavy atom. The third-order valence-electron chi connectivity index (χ3n) is 4.64. The lowest BCUT2D eigenvalue weighted by atomic mass is 10.1. The van der Waals surface area contributed by atoms with E-state index in [0.717, 1.165) is 30.5 Å². The van der Waals surface area contributed by atoms with Crippen LogP contribution < -0.4 is 16.2 Å². The highest BCUT2D eigenvalue weighted by Crippen LogP contribution is 2.08. The van der Waals surface area contributed by atoms with Crippen LogP contribution in [-0.2, 0) is 6.54 Å². The predicted molar refractivity (Wildman–Crippen MR) is 99.0 cm³/mol. The van der Waals surface area contributed by atoms with E-state index in [4.69, 9.17) is 0 Å². The van der Waals surface area contributed by atoms with Gasteiger partial charge >= 0.3 is 0 Å². The molecule has 1 aliphatic heterocycles. The van der Waals surface area contributed by atoms with E-state index in [1.165, 1.54) is 6.42 Å². The Balaban J connectivity index is 1.65. The number of aromatic nitrogens is 1. The summed E-state index contributed by atoms with van der Waals surface area (Å²) >= 11 is 0. The molecule has 2 heterocycles. The van der Waals surface area contributed by atoms with Crippen molar-refractivity contribution in [3.8, 4) is 0 Å². The summed E-state index contributed by atoms with van der Waals surface area (Å²) in [6, 6.07) is 11.9. The van der Waals surface area contributed by atoms with Gasteiger partial charge in [-0.2, -0.15) is 0 Å². The first-order valence-electron chi connectivity index (χ1n) is 8.90. The molecular weight excluding hydrogens is 314 g/mol. The van der Waals surface area contributed by atoms with Crippen LogP contribution in [0.5, 0.6) is 0 Å². The standard InChI is InChI=1S/C20H25N3O2/c1-15-5-2-6-16(13-15)14-23-12-4-8-18(20(23)25)19(24)22-11-9-17-7-3-10-21-17/h2,4-6,8,12-13,17,21H,3,7,9-11,14H2,1H3,(H,22,24)/t17-/m0/s1. The molecule has 25 heavy (non-hydrogen) atoms. The van der Waals surface area contributed by atoms with E-state index in [-0.39, 0.29) is 17.0 Å². The Hall–Kier alpha value is -2.40. The molecule has 2 aromatic rings. The molecule has 3 rings (SSSR count). The summed E-state index contributed by atoms with van der Waals surface area (Å²) in [4.78, 5) is 25.0. The SMILES string of the molecule is Cc1cccc(Cn2cccc(C(=O)NCC[C@@H]3CCCN3)c2=O)c1. The monoisotopic (exact) mass is 339 g/mol. The maximum atomic E-state index is 12.6. The molecule has 0 radical (unpaired) electrons. The van der Waals surface area contributed by atoms with Crippen molar-refractivity contribution >= 4 is 5.91 Å². The van der Waals surface area contributed by atoms with Gasteiger partial charge in [0, 0.05) is 18.8 Å². The fourth-order valence-corrected chi connectivity index (χ4v) is 3.30. The highest BCUT2D eigenvalue weighted by atomic mass is 16.2. The van der Waals surface area contributed by atoms with Crippen LogP contribution in [0.2, 0.25) is 0 Å². The molecule has 1 amide bonds. The molecule has 0 saturated carbocycles. The van der Waals surface area contributed by atoms with Crippen molar-refractivity contribution < 1.29 is 4.79 Å². The third kappa shape index (κ3) is 4.57. The second-order valence-corrected chi connectivity index (χ2v) is 6.68. The molecular formula is C20H25N3O2. The Morgan fingerprint density at radius 2 is 2.20 bits per heavy atom. The topological polar surface area (TPSA) is 63.1 Å². The second kappa shape index (κ2) is 8.12. The lowest BCUT2D eigenvalue weighted by Gasteiger charge is -2.12. The van der Waals surface area contributed by atoms with Gasteiger partial charge in [0.1, 0.15) is 5.56 Å². The number of rotatable bonds is 6. The normalized spacial score (nSPS) is 16.8. The summed E-state index contributed by atoms with van der Waals surface area (Å²) in [6.07, 6.45) is 4.98. The molecule has 1 aromatic heterocycles. The van der Waals surface area contributed by atoms with Crippen LogP contribution in [0.15, 0.2) is 47.4 Å². The highest BCUT2D eigenvalue weighted by Gasteiger charge is 2.15. The van der Waals surface area contributed by atoms with Crippen molar-refractivity contribution in [3.05, 3.63) is 69.6 Å². The number of carbonyl (C=O) groups is 1. The first kappa shape index (κ1) is 17.4.